The summed E-state index contributed by atoms with van der Waals surface area (Å²) in [5, 5.41) is 4.15. The van der Waals surface area contributed by atoms with Crippen molar-refractivity contribution in [3.05, 3.63) is 28.2 Å². The molecule has 0 amide bonds. The maximum atomic E-state index is 12.7. The summed E-state index contributed by atoms with van der Waals surface area (Å²) in [6.45, 7) is 2.11. The quantitative estimate of drug-likeness (QED) is 0.823. The van der Waals surface area contributed by atoms with Gasteiger partial charge in [-0.3, -0.25) is 0 Å². The second-order valence-corrected chi connectivity index (χ2v) is 8.85. The molecular weight excluding hydrogens is 379 g/mol. The Kier molecular flexibility index (Phi) is 6.62. The molecule has 1 aliphatic carbocycles. The molecule has 23 heavy (non-hydrogen) atoms. The molecule has 2 aliphatic rings. The van der Waals surface area contributed by atoms with Crippen LogP contribution >= 0.6 is 35.6 Å². The molecule has 1 saturated heterocycles. The van der Waals surface area contributed by atoms with Crippen LogP contribution in [0.15, 0.2) is 23.1 Å². The van der Waals surface area contributed by atoms with Gasteiger partial charge in [0.1, 0.15) is 4.90 Å². The van der Waals surface area contributed by atoms with Crippen molar-refractivity contribution in [1.82, 2.24) is 9.62 Å². The lowest BCUT2D eigenvalue weighted by Crippen LogP contribution is -2.45. The van der Waals surface area contributed by atoms with Crippen molar-refractivity contribution in [3.63, 3.8) is 0 Å². The van der Waals surface area contributed by atoms with E-state index in [0.717, 1.165) is 25.3 Å². The fourth-order valence-electron chi connectivity index (χ4n) is 2.77. The van der Waals surface area contributed by atoms with Crippen LogP contribution in [-0.4, -0.2) is 38.4 Å². The number of hydrogen-bond donors (Lipinski definition) is 1. The first-order valence-electron chi connectivity index (χ1n) is 7.65. The Morgan fingerprint density at radius 3 is 2.39 bits per heavy atom. The predicted molar refractivity (Wildman–Crippen MR) is 96.2 cm³/mol. The van der Waals surface area contributed by atoms with Gasteiger partial charge in [-0.25, -0.2) is 8.42 Å². The highest BCUT2D eigenvalue weighted by Gasteiger charge is 2.31. The number of halogens is 3. The molecule has 8 heteroatoms. The van der Waals surface area contributed by atoms with Crippen LogP contribution in [0.2, 0.25) is 10.0 Å². The largest absolute Gasteiger partial charge is 0.314 e. The maximum absolute atomic E-state index is 12.7. The molecule has 4 nitrogen and oxygen atoms in total. The van der Waals surface area contributed by atoms with Crippen molar-refractivity contribution in [2.24, 2.45) is 5.92 Å². The average molecular weight is 400 g/mol. The van der Waals surface area contributed by atoms with Gasteiger partial charge in [0.25, 0.3) is 0 Å². The zero-order chi connectivity index (χ0) is 15.7. The van der Waals surface area contributed by atoms with Gasteiger partial charge in [0.05, 0.1) is 5.02 Å². The van der Waals surface area contributed by atoms with Crippen molar-refractivity contribution < 1.29 is 8.42 Å². The van der Waals surface area contributed by atoms with E-state index in [1.165, 1.54) is 29.3 Å². The van der Waals surface area contributed by atoms with Gasteiger partial charge in [0.15, 0.2) is 0 Å². The van der Waals surface area contributed by atoms with Gasteiger partial charge in [-0.2, -0.15) is 4.31 Å². The minimum Gasteiger partial charge on any atom is -0.314 e. The molecule has 0 atom stereocenters. The highest BCUT2D eigenvalue weighted by molar-refractivity contribution is 7.89. The highest BCUT2D eigenvalue weighted by atomic mass is 35.5. The minimum absolute atomic E-state index is 0. The molecule has 0 unspecified atom stereocenters. The van der Waals surface area contributed by atoms with E-state index in [9.17, 15) is 8.42 Å². The van der Waals surface area contributed by atoms with Gasteiger partial charge in [-0.1, -0.05) is 23.2 Å². The molecule has 2 fully saturated rings. The van der Waals surface area contributed by atoms with Crippen molar-refractivity contribution >= 4 is 45.6 Å². The number of piperidine rings is 1. The SMILES string of the molecule is Cl.O=S(=O)(c1cc(Cl)ccc1Cl)N1CCC(NCC2CC2)CC1. The first-order valence-corrected chi connectivity index (χ1v) is 9.85. The molecule has 0 spiro atoms. The fourth-order valence-corrected chi connectivity index (χ4v) is 4.98. The molecule has 0 aromatic heterocycles. The smallest absolute Gasteiger partial charge is 0.244 e. The highest BCUT2D eigenvalue weighted by Crippen LogP contribution is 2.30. The Labute approximate surface area is 154 Å². The fraction of sp³-hybridized carbons (Fsp3) is 0.600. The molecular formula is C15H21Cl3N2O2S. The van der Waals surface area contributed by atoms with Crippen molar-refractivity contribution in [2.75, 3.05) is 19.6 Å². The molecule has 0 bridgehead atoms. The summed E-state index contributed by atoms with van der Waals surface area (Å²) in [4.78, 5) is 0.103. The minimum atomic E-state index is -3.57. The van der Waals surface area contributed by atoms with Crippen LogP contribution in [-0.2, 0) is 10.0 Å². The first-order chi connectivity index (χ1) is 10.5. The van der Waals surface area contributed by atoms with E-state index in [4.69, 9.17) is 23.2 Å². The van der Waals surface area contributed by atoms with Crippen LogP contribution in [0.1, 0.15) is 25.7 Å². The third kappa shape index (κ3) is 4.74. The lowest BCUT2D eigenvalue weighted by atomic mass is 10.1. The summed E-state index contributed by atoms with van der Waals surface area (Å²) in [7, 11) is -3.57. The first kappa shape index (κ1) is 19.3. The van der Waals surface area contributed by atoms with Crippen molar-refractivity contribution in [2.45, 2.75) is 36.6 Å². The number of sulfonamides is 1. The molecule has 3 rings (SSSR count). The summed E-state index contributed by atoms with van der Waals surface area (Å²) < 4.78 is 26.9. The van der Waals surface area contributed by atoms with E-state index in [0.29, 0.717) is 24.2 Å². The second kappa shape index (κ2) is 7.89. The van der Waals surface area contributed by atoms with E-state index in [1.54, 1.807) is 6.07 Å². The van der Waals surface area contributed by atoms with Gasteiger partial charge in [0.2, 0.25) is 10.0 Å². The molecule has 1 N–H and O–H groups in total. The summed E-state index contributed by atoms with van der Waals surface area (Å²) >= 11 is 12.0. The maximum Gasteiger partial charge on any atom is 0.244 e. The standard InChI is InChI=1S/C15H20Cl2N2O2S.ClH/c16-12-3-4-14(17)15(9-12)22(20,21)19-7-5-13(6-8-19)18-10-11-1-2-11;/h3-4,9,11,13,18H,1-2,5-8,10H2;1H. The zero-order valence-electron chi connectivity index (χ0n) is 12.7. The van der Waals surface area contributed by atoms with Crippen LogP contribution in [0.3, 0.4) is 0 Å². The van der Waals surface area contributed by atoms with Crippen LogP contribution in [0.25, 0.3) is 0 Å². The number of hydrogen-bond acceptors (Lipinski definition) is 3. The number of rotatable bonds is 5. The Morgan fingerprint density at radius 1 is 1.13 bits per heavy atom. The number of nitrogens with zero attached hydrogens (tertiary/aromatic N) is 1. The molecule has 1 aliphatic heterocycles. The van der Waals surface area contributed by atoms with Crippen molar-refractivity contribution in [1.29, 1.82) is 0 Å². The summed E-state index contributed by atoms with van der Waals surface area (Å²) in [6, 6.07) is 4.97. The average Bonchev–Trinajstić information content (AvgIpc) is 3.32. The van der Waals surface area contributed by atoms with E-state index >= 15 is 0 Å². The molecule has 1 aromatic carbocycles. The van der Waals surface area contributed by atoms with Gasteiger partial charge in [-0.05, 0) is 56.3 Å². The van der Waals surface area contributed by atoms with Crippen LogP contribution in [0.5, 0.6) is 0 Å². The monoisotopic (exact) mass is 398 g/mol. The molecule has 1 aromatic rings. The van der Waals surface area contributed by atoms with Crippen LogP contribution in [0, 0.1) is 5.92 Å². The molecule has 0 radical (unpaired) electrons. The summed E-state index contributed by atoms with van der Waals surface area (Å²) in [6.07, 6.45) is 4.33. The number of benzene rings is 1. The van der Waals surface area contributed by atoms with E-state index in [2.05, 4.69) is 5.32 Å². The van der Waals surface area contributed by atoms with Crippen molar-refractivity contribution in [3.8, 4) is 0 Å². The van der Waals surface area contributed by atoms with E-state index in [-0.39, 0.29) is 22.3 Å². The predicted octanol–water partition coefficient (Wildman–Crippen LogP) is 3.57. The molecule has 1 saturated carbocycles. The lowest BCUT2D eigenvalue weighted by Gasteiger charge is -2.32. The Hall–Kier alpha value is -0.0400. The topological polar surface area (TPSA) is 49.4 Å². The third-order valence-electron chi connectivity index (χ3n) is 4.36. The summed E-state index contributed by atoms with van der Waals surface area (Å²) in [5.41, 5.74) is 0. The van der Waals surface area contributed by atoms with Gasteiger partial charge < -0.3 is 5.32 Å². The Bertz CT molecular complexity index is 642. The molecule has 1 heterocycles. The van der Waals surface area contributed by atoms with E-state index < -0.39 is 10.0 Å². The van der Waals surface area contributed by atoms with Gasteiger partial charge in [-0.15, -0.1) is 12.4 Å². The number of nitrogens with one attached hydrogen (secondary N) is 1. The Balaban J connectivity index is 0.00000192. The van der Waals surface area contributed by atoms with Gasteiger partial charge in [0, 0.05) is 24.2 Å². The lowest BCUT2D eigenvalue weighted by molar-refractivity contribution is 0.288. The van der Waals surface area contributed by atoms with Crippen LogP contribution in [0.4, 0.5) is 0 Å². The van der Waals surface area contributed by atoms with Crippen LogP contribution < -0.4 is 5.32 Å². The summed E-state index contributed by atoms with van der Waals surface area (Å²) in [5.74, 6) is 0.840. The van der Waals surface area contributed by atoms with Gasteiger partial charge >= 0.3 is 0 Å². The molecule has 130 valence electrons. The zero-order valence-corrected chi connectivity index (χ0v) is 15.8. The second-order valence-electron chi connectivity index (χ2n) is 6.10. The van der Waals surface area contributed by atoms with E-state index in [1.807, 2.05) is 0 Å². The normalized spacial score (nSPS) is 20.3. The Morgan fingerprint density at radius 2 is 1.78 bits per heavy atom. The third-order valence-corrected chi connectivity index (χ3v) is 6.97.